The number of benzene rings is 9. The van der Waals surface area contributed by atoms with Crippen LogP contribution >= 0.6 is 57.7 Å². The molecule has 150 heavy (non-hydrogen) atoms. The fourth-order valence-electron chi connectivity index (χ4n) is 16.9. The van der Waals surface area contributed by atoms with Crippen LogP contribution in [0.1, 0.15) is 252 Å². The number of hydrogen-bond donors (Lipinski definition) is 4. The van der Waals surface area contributed by atoms with Gasteiger partial charge in [0.1, 0.15) is 11.6 Å². The third-order valence-electron chi connectivity index (χ3n) is 25.7. The number of likely N-dealkylation sites (N-methyl/N-ethyl adjacent to an activating group) is 4. The molecule has 0 fully saturated rings. The first-order chi connectivity index (χ1) is 72.1. The number of rotatable bonds is 42. The molecule has 5 heterocycles. The van der Waals surface area contributed by atoms with Crippen LogP contribution in [0.25, 0.3) is 43.1 Å². The molecule has 27 heteroatoms. The topological polar surface area (TPSA) is 278 Å². The molecular formula is C123H130Cl4FN9O11S2. The number of aryl methyl sites for hydroxylation is 1. The first-order valence-corrected chi connectivity index (χ1v) is 55.5. The summed E-state index contributed by atoms with van der Waals surface area (Å²) in [6, 6.07) is 57.3. The fourth-order valence-corrected chi connectivity index (χ4v) is 19.1. The summed E-state index contributed by atoms with van der Waals surface area (Å²) in [5, 5.41) is 53.5. The van der Waals surface area contributed by atoms with E-state index in [1.807, 2.05) is 136 Å². The monoisotopic (exact) mass is 2130 g/mol. The van der Waals surface area contributed by atoms with Crippen LogP contribution in [0, 0.1) is 60.1 Å². The zero-order valence-corrected chi connectivity index (χ0v) is 91.6. The van der Waals surface area contributed by atoms with E-state index in [9.17, 15) is 57.2 Å². The number of hydrogen-bond acceptors (Lipinski definition) is 21. The van der Waals surface area contributed by atoms with Gasteiger partial charge in [0.05, 0.1) is 80.2 Å². The van der Waals surface area contributed by atoms with Gasteiger partial charge in [0.2, 0.25) is 0 Å². The molecule has 0 bridgehead atoms. The Morgan fingerprint density at radius 1 is 0.367 bits per heavy atom. The molecule has 4 N–H and O–H groups in total. The number of sulfone groups is 1. The predicted octanol–water partition coefficient (Wildman–Crippen LogP) is 23.4. The van der Waals surface area contributed by atoms with Crippen molar-refractivity contribution in [2.24, 2.45) is 0 Å². The molecule has 0 aliphatic heterocycles. The van der Waals surface area contributed by atoms with E-state index in [-0.39, 0.29) is 53.3 Å². The molecule has 4 unspecified atom stereocenters. The first kappa shape index (κ1) is 118. The molecule has 5 aromatic heterocycles. The average Bonchev–Trinajstić information content (AvgIpc) is 1.13. The second-order valence-electron chi connectivity index (χ2n) is 36.9. The van der Waals surface area contributed by atoms with E-state index in [0.29, 0.717) is 161 Å². The van der Waals surface area contributed by atoms with Crippen molar-refractivity contribution in [2.45, 2.75) is 183 Å². The number of aromatic nitrogens is 5. The second kappa shape index (κ2) is 59.4. The van der Waals surface area contributed by atoms with E-state index in [0.717, 1.165) is 164 Å². The van der Waals surface area contributed by atoms with E-state index in [4.69, 9.17) is 51.4 Å². The number of aliphatic hydroxyl groups is 4. The zero-order chi connectivity index (χ0) is 108. The number of pyridine rings is 4. The fraction of sp³-hybridized carbons (Fsp3) is 0.333. The van der Waals surface area contributed by atoms with E-state index < -0.39 is 34.3 Å². The first-order valence-electron chi connectivity index (χ1n) is 51.0. The molecule has 780 valence electrons. The van der Waals surface area contributed by atoms with Crippen molar-refractivity contribution in [1.82, 2.24) is 44.5 Å². The highest BCUT2D eigenvalue weighted by Crippen LogP contribution is 2.32. The smallest absolute Gasteiger partial charge is 0.162 e. The zero-order valence-electron chi connectivity index (χ0n) is 86.9. The molecule has 0 aliphatic rings. The highest BCUT2D eigenvalue weighted by molar-refractivity contribution is 7.89. The number of thiazole rings is 1. The van der Waals surface area contributed by atoms with Crippen LogP contribution in [0.5, 0.6) is 0 Å². The molecule has 20 nitrogen and oxygen atoms in total. The molecule has 9 aromatic carbocycles. The summed E-state index contributed by atoms with van der Waals surface area (Å²) < 4.78 is 37.3. The Kier molecular flexibility index (Phi) is 46.6. The summed E-state index contributed by atoms with van der Waals surface area (Å²) in [4.78, 5) is 94.3. The standard InChI is InChI=1S/C33H32ClFN2O2.C31H32ClN3O2S.C31H35ClN2O3.C28H31ClN2O4S/c1-3-37(4-2)22-29(38)16-18-33(39)25-10-5-23(6-11-25)9-17-30-31-20-27(34)13-12-26(31)21-36-32(30)19-24-7-14-28(35)15-8-24;1-4-35(5-2)19-26(36)13-15-30(37)23-9-6-22(7-10-23)8-14-27-28-16-25(32)12-11-24(28)18-33-29(27)17-31-34-21(3)20-38-31;1-4-7-26(35)19-30-28(29-18-25(32)14-13-24(29)20-33-30)16-10-22-8-11-23(12-9-22)31(37)17-15-27(36)21-34(5-2)6-3;1-4-31(5-2)18-24(32)13-15-28(33)21-9-6-20(7-10-21)8-14-25-26-16-23(29)12-11-22(26)17-30-27(25)19-36(3,34)35/h5-8,10-15,20-21,29,38H,3-4,16,18-19,22H2,1-2H3;6-7,9-12,16,18,20,26,36H,4-5,13,15,17,19H2,1-3H3;8-9,11-14,18,20,27,36H,4-7,15,17,19,21H2,1-3H3;6-7,9-12,16-17,24,32H,4-5,13,15,18-19H2,1-3H3. The molecule has 0 radical (unpaired) electrons. The highest BCUT2D eigenvalue weighted by Gasteiger charge is 2.23. The van der Waals surface area contributed by atoms with E-state index in [2.05, 4.69) is 128 Å². The Bertz CT molecular complexity index is 7380. The van der Waals surface area contributed by atoms with Gasteiger partial charge in [0.25, 0.3) is 0 Å². The van der Waals surface area contributed by atoms with Gasteiger partial charge in [-0.15, -0.1) is 11.3 Å². The van der Waals surface area contributed by atoms with Gasteiger partial charge in [-0.3, -0.25) is 43.9 Å². The van der Waals surface area contributed by atoms with Gasteiger partial charge in [-0.2, -0.15) is 0 Å². The van der Waals surface area contributed by atoms with Crippen molar-refractivity contribution in [3.63, 3.8) is 0 Å². The van der Waals surface area contributed by atoms with E-state index >= 15 is 0 Å². The summed E-state index contributed by atoms with van der Waals surface area (Å²) in [5.41, 5.74) is 12.8. The van der Waals surface area contributed by atoms with Crippen molar-refractivity contribution < 1.29 is 57.2 Å². The number of fused-ring (bicyclic) bond motifs is 4. The van der Waals surface area contributed by atoms with Crippen LogP contribution in [0.15, 0.2) is 224 Å². The maximum absolute atomic E-state index is 13.4. The van der Waals surface area contributed by atoms with Gasteiger partial charge in [0.15, 0.2) is 33.0 Å². The Morgan fingerprint density at radius 2 is 0.647 bits per heavy atom. The van der Waals surface area contributed by atoms with Gasteiger partial charge in [-0.05, 0) is 206 Å². The lowest BCUT2D eigenvalue weighted by molar-refractivity contribution is -0.118. The number of aliphatic hydroxyl groups excluding tert-OH is 4. The summed E-state index contributed by atoms with van der Waals surface area (Å²) in [6.45, 7) is 29.7. The average molecular weight is 2140 g/mol. The highest BCUT2D eigenvalue weighted by atomic mass is 35.5. The van der Waals surface area contributed by atoms with Crippen molar-refractivity contribution in [2.75, 3.05) is 84.8 Å². The summed E-state index contributed by atoms with van der Waals surface area (Å²) in [5.74, 6) is 25.2. The Labute approximate surface area is 905 Å². The molecule has 4 atom stereocenters. The van der Waals surface area contributed by atoms with Gasteiger partial charge in [-0.1, -0.05) is 241 Å². The maximum atomic E-state index is 13.4. The van der Waals surface area contributed by atoms with Crippen LogP contribution in [0.4, 0.5) is 4.39 Å². The number of ketones is 5. The molecule has 0 aliphatic carbocycles. The molecular weight excluding hydrogens is 2000 g/mol. The lowest BCUT2D eigenvalue weighted by Crippen LogP contribution is -2.32. The quantitative estimate of drug-likeness (QED) is 0.0204. The lowest BCUT2D eigenvalue weighted by atomic mass is 9.99. The third kappa shape index (κ3) is 36.7. The Hall–Kier alpha value is -12.4. The van der Waals surface area contributed by atoms with Crippen LogP contribution in [-0.2, 0) is 39.6 Å². The predicted molar refractivity (Wildman–Crippen MR) is 607 cm³/mol. The maximum Gasteiger partial charge on any atom is 0.162 e. The van der Waals surface area contributed by atoms with E-state index in [1.165, 1.54) is 12.1 Å². The Balaban J connectivity index is 0.000000190. The third-order valence-corrected chi connectivity index (χ3v) is 28.4. The van der Waals surface area contributed by atoms with Gasteiger partial charge in [-0.25, -0.2) is 17.8 Å². The van der Waals surface area contributed by atoms with Crippen molar-refractivity contribution in [3.8, 4) is 47.4 Å². The normalized spacial score (nSPS) is 12.0. The van der Waals surface area contributed by atoms with Crippen LogP contribution in [0.2, 0.25) is 20.1 Å². The van der Waals surface area contributed by atoms with Gasteiger partial charge >= 0.3 is 0 Å². The summed E-state index contributed by atoms with van der Waals surface area (Å²) >= 11 is 26.7. The summed E-state index contributed by atoms with van der Waals surface area (Å²) in [6.07, 6.45) is 11.6. The van der Waals surface area contributed by atoms with Crippen LogP contribution in [-0.4, -0.2) is 211 Å². The molecule has 14 aromatic rings. The number of Topliss-reactive ketones (excluding diaryl/α,β-unsaturated/α-hetero) is 5. The minimum Gasteiger partial charge on any atom is -0.392 e. The number of carbonyl (C=O) groups is 5. The minimum absolute atomic E-state index is 0.00239. The second-order valence-corrected chi connectivity index (χ2v) is 41.7. The largest absolute Gasteiger partial charge is 0.392 e. The van der Waals surface area contributed by atoms with Crippen LogP contribution < -0.4 is 0 Å². The number of carbonyl (C=O) groups excluding carboxylic acids is 5. The molecule has 14 rings (SSSR count). The van der Waals surface area contributed by atoms with Gasteiger partial charge in [0, 0.05) is 227 Å². The molecule has 0 spiro atoms. The van der Waals surface area contributed by atoms with Gasteiger partial charge < -0.3 is 40.0 Å². The number of halogens is 5. The molecule has 0 saturated heterocycles. The molecule has 0 saturated carbocycles. The SMILES string of the molecule is CCCC(=O)Cc1ncc2ccc(Cl)cc2c1C#Cc1ccc(C(=O)CCC(O)CN(CC)CC)cc1.CCN(CC)CC(O)CCC(=O)c1ccc(C#Cc2c(CS(C)(=O)=O)ncc3ccc(Cl)cc23)cc1.CCN(CC)CC(O)CCC(=O)c1ccc(C#Cc2c(Cc3ccc(F)cc3)ncc3ccc(Cl)cc23)cc1.CCN(CC)CC(O)CCC(=O)c1ccc(C#Cc2c(Cc3nc(C)cs3)ncc3ccc(Cl)cc23)cc1. The lowest BCUT2D eigenvalue weighted by Gasteiger charge is -2.21. The van der Waals surface area contributed by atoms with E-state index in [1.54, 1.807) is 115 Å². The van der Waals surface area contributed by atoms with Crippen molar-refractivity contribution in [3.05, 3.63) is 356 Å². The molecule has 0 amide bonds. The van der Waals surface area contributed by atoms with Crippen molar-refractivity contribution >= 4 is 140 Å². The Morgan fingerprint density at radius 3 is 0.927 bits per heavy atom. The number of nitrogens with zero attached hydrogens (tertiary/aromatic N) is 9. The van der Waals surface area contributed by atoms with Crippen molar-refractivity contribution in [1.29, 1.82) is 0 Å². The van der Waals surface area contributed by atoms with Crippen LogP contribution in [0.3, 0.4) is 0 Å². The minimum atomic E-state index is -3.32. The summed E-state index contributed by atoms with van der Waals surface area (Å²) in [7, 11) is -3.32.